The minimum absolute atomic E-state index is 0.298. The molecule has 1 aromatic rings. The quantitative estimate of drug-likeness (QED) is 0.467. The third-order valence-corrected chi connectivity index (χ3v) is 1.70. The standard InChI is InChI=1S/C9H9BO2/c10-7-2-1-3-8(4-7)11-5-9-6-12-9/h1-4,9H,5-6H2/t9-/m1/s1. The lowest BCUT2D eigenvalue weighted by molar-refractivity contribution is 0.263. The summed E-state index contributed by atoms with van der Waals surface area (Å²) in [7, 11) is 5.57. The number of benzene rings is 1. The van der Waals surface area contributed by atoms with Gasteiger partial charge < -0.3 is 9.47 Å². The summed E-state index contributed by atoms with van der Waals surface area (Å²) < 4.78 is 10.4. The highest BCUT2D eigenvalue weighted by molar-refractivity contribution is 6.32. The highest BCUT2D eigenvalue weighted by Crippen LogP contribution is 2.12. The van der Waals surface area contributed by atoms with Gasteiger partial charge in [-0.3, -0.25) is 0 Å². The Morgan fingerprint density at radius 2 is 2.42 bits per heavy atom. The molecule has 1 saturated heterocycles. The van der Waals surface area contributed by atoms with Crippen molar-refractivity contribution in [2.24, 2.45) is 0 Å². The zero-order valence-electron chi connectivity index (χ0n) is 6.69. The topological polar surface area (TPSA) is 21.8 Å². The van der Waals surface area contributed by atoms with Crippen molar-refractivity contribution in [2.45, 2.75) is 6.10 Å². The Kier molecular flexibility index (Phi) is 2.04. The van der Waals surface area contributed by atoms with E-state index >= 15 is 0 Å². The number of ether oxygens (including phenoxy) is 2. The van der Waals surface area contributed by atoms with Gasteiger partial charge in [0, 0.05) is 0 Å². The maximum Gasteiger partial charge on any atom is 0.118 e. The molecule has 2 radical (unpaired) electrons. The molecule has 0 unspecified atom stereocenters. The second-order valence-electron chi connectivity index (χ2n) is 2.84. The smallest absolute Gasteiger partial charge is 0.118 e. The van der Waals surface area contributed by atoms with Crippen molar-refractivity contribution in [3.05, 3.63) is 24.3 Å². The molecule has 3 heteroatoms. The number of hydrogen-bond donors (Lipinski definition) is 0. The fraction of sp³-hybridized carbons (Fsp3) is 0.333. The van der Waals surface area contributed by atoms with Crippen LogP contribution in [0.3, 0.4) is 0 Å². The largest absolute Gasteiger partial charge is 0.491 e. The van der Waals surface area contributed by atoms with Crippen LogP contribution < -0.4 is 10.2 Å². The van der Waals surface area contributed by atoms with Crippen molar-refractivity contribution >= 4 is 13.3 Å². The highest BCUT2D eigenvalue weighted by atomic mass is 16.6. The molecule has 0 N–H and O–H groups in total. The van der Waals surface area contributed by atoms with Crippen LogP contribution >= 0.6 is 0 Å². The van der Waals surface area contributed by atoms with Crippen molar-refractivity contribution in [2.75, 3.05) is 13.2 Å². The molecule has 1 atom stereocenters. The van der Waals surface area contributed by atoms with Crippen LogP contribution in [-0.4, -0.2) is 27.2 Å². The lowest BCUT2D eigenvalue weighted by Gasteiger charge is -2.03. The van der Waals surface area contributed by atoms with E-state index in [-0.39, 0.29) is 0 Å². The molecule has 0 aliphatic carbocycles. The fourth-order valence-electron chi connectivity index (χ4n) is 0.958. The van der Waals surface area contributed by atoms with Gasteiger partial charge in [-0.25, -0.2) is 0 Å². The Hall–Kier alpha value is -0.955. The lowest BCUT2D eigenvalue weighted by atomic mass is 9.96. The van der Waals surface area contributed by atoms with Crippen LogP contribution in [0.15, 0.2) is 24.3 Å². The zero-order chi connectivity index (χ0) is 8.39. The molecule has 0 bridgehead atoms. The highest BCUT2D eigenvalue weighted by Gasteiger charge is 2.22. The minimum atomic E-state index is 0.298. The van der Waals surface area contributed by atoms with E-state index in [9.17, 15) is 0 Å². The van der Waals surface area contributed by atoms with Crippen LogP contribution in [0.25, 0.3) is 0 Å². The summed E-state index contributed by atoms with van der Waals surface area (Å²) in [6, 6.07) is 7.40. The molecule has 1 heterocycles. The van der Waals surface area contributed by atoms with Crippen LogP contribution in [0.2, 0.25) is 0 Å². The van der Waals surface area contributed by atoms with Crippen molar-refractivity contribution in [1.82, 2.24) is 0 Å². The third-order valence-electron chi connectivity index (χ3n) is 1.70. The Morgan fingerprint density at radius 1 is 1.58 bits per heavy atom. The predicted octanol–water partition coefficient (Wildman–Crippen LogP) is 0.258. The van der Waals surface area contributed by atoms with Crippen molar-refractivity contribution in [1.29, 1.82) is 0 Å². The second-order valence-corrected chi connectivity index (χ2v) is 2.84. The van der Waals surface area contributed by atoms with Crippen LogP contribution in [0, 0.1) is 0 Å². The van der Waals surface area contributed by atoms with Crippen molar-refractivity contribution in [3.8, 4) is 5.75 Å². The van der Waals surface area contributed by atoms with Gasteiger partial charge in [-0.15, -0.1) is 0 Å². The van der Waals surface area contributed by atoms with E-state index in [4.69, 9.17) is 17.3 Å². The second kappa shape index (κ2) is 3.19. The van der Waals surface area contributed by atoms with Crippen molar-refractivity contribution < 1.29 is 9.47 Å². The molecule has 0 saturated carbocycles. The van der Waals surface area contributed by atoms with E-state index in [0.717, 1.165) is 17.8 Å². The van der Waals surface area contributed by atoms with Gasteiger partial charge in [-0.2, -0.15) is 0 Å². The predicted molar refractivity (Wildman–Crippen MR) is 47.1 cm³/mol. The van der Waals surface area contributed by atoms with Crippen LogP contribution in [0.5, 0.6) is 5.75 Å². The average molecular weight is 160 g/mol. The fourth-order valence-corrected chi connectivity index (χ4v) is 0.958. The number of rotatable bonds is 3. The van der Waals surface area contributed by atoms with Gasteiger partial charge in [-0.05, 0) is 12.1 Å². The molecule has 1 aliphatic heterocycles. The van der Waals surface area contributed by atoms with Gasteiger partial charge in [-0.1, -0.05) is 17.6 Å². The monoisotopic (exact) mass is 160 g/mol. The summed E-state index contributed by atoms with van der Waals surface area (Å²) in [4.78, 5) is 0. The molecule has 0 spiro atoms. The zero-order valence-corrected chi connectivity index (χ0v) is 6.69. The Morgan fingerprint density at radius 3 is 3.08 bits per heavy atom. The van der Waals surface area contributed by atoms with Gasteiger partial charge in [0.25, 0.3) is 0 Å². The van der Waals surface area contributed by atoms with Gasteiger partial charge in [0.15, 0.2) is 0 Å². The first kappa shape index (κ1) is 7.68. The molecule has 1 fully saturated rings. The van der Waals surface area contributed by atoms with E-state index < -0.39 is 0 Å². The number of hydrogen-bond acceptors (Lipinski definition) is 2. The van der Waals surface area contributed by atoms with E-state index in [2.05, 4.69) is 0 Å². The molecule has 2 rings (SSSR count). The van der Waals surface area contributed by atoms with E-state index in [0.29, 0.717) is 12.7 Å². The molecule has 1 aromatic carbocycles. The van der Waals surface area contributed by atoms with Crippen LogP contribution in [0.4, 0.5) is 0 Å². The summed E-state index contributed by atoms with van der Waals surface area (Å²) in [6.45, 7) is 1.45. The molecule has 0 amide bonds. The van der Waals surface area contributed by atoms with E-state index in [1.54, 1.807) is 0 Å². The van der Waals surface area contributed by atoms with E-state index in [1.807, 2.05) is 24.3 Å². The Bertz CT molecular complexity index is 271. The molecular formula is C9H9BO2. The van der Waals surface area contributed by atoms with Gasteiger partial charge >= 0.3 is 0 Å². The minimum Gasteiger partial charge on any atom is -0.491 e. The summed E-state index contributed by atoms with van der Waals surface area (Å²) in [5.41, 5.74) is 0.726. The summed E-state index contributed by atoms with van der Waals surface area (Å²) in [6.07, 6.45) is 0.298. The maximum atomic E-state index is 5.57. The number of epoxide rings is 1. The van der Waals surface area contributed by atoms with Gasteiger partial charge in [0.05, 0.1) is 6.61 Å². The molecule has 2 nitrogen and oxygen atoms in total. The molecule has 1 aliphatic rings. The SMILES string of the molecule is [B]c1cccc(OC[C@@H]2CO2)c1. The molecule has 60 valence electrons. The summed E-state index contributed by atoms with van der Waals surface area (Å²) in [5, 5.41) is 0. The summed E-state index contributed by atoms with van der Waals surface area (Å²) in [5.74, 6) is 0.811. The lowest BCUT2D eigenvalue weighted by Crippen LogP contribution is -2.07. The molecular weight excluding hydrogens is 151 g/mol. The third kappa shape index (κ3) is 2.01. The molecule has 12 heavy (non-hydrogen) atoms. The van der Waals surface area contributed by atoms with Gasteiger partial charge in [0.2, 0.25) is 0 Å². The Labute approximate surface area is 72.9 Å². The van der Waals surface area contributed by atoms with Gasteiger partial charge in [0.1, 0.15) is 26.3 Å². The first-order valence-corrected chi connectivity index (χ1v) is 3.94. The maximum absolute atomic E-state index is 5.57. The van der Waals surface area contributed by atoms with Crippen LogP contribution in [-0.2, 0) is 4.74 Å². The van der Waals surface area contributed by atoms with E-state index in [1.165, 1.54) is 0 Å². The summed E-state index contributed by atoms with van der Waals surface area (Å²) >= 11 is 0. The molecule has 0 aromatic heterocycles. The van der Waals surface area contributed by atoms with Crippen molar-refractivity contribution in [3.63, 3.8) is 0 Å². The van der Waals surface area contributed by atoms with Crippen LogP contribution in [0.1, 0.15) is 0 Å². The first-order valence-electron chi connectivity index (χ1n) is 3.94. The normalized spacial score (nSPS) is 20.5. The Balaban J connectivity index is 1.92. The first-order chi connectivity index (χ1) is 5.84. The average Bonchev–Trinajstić information content (AvgIpc) is 2.84.